The average Bonchev–Trinajstić information content (AvgIpc) is 2.09. The van der Waals surface area contributed by atoms with Gasteiger partial charge in [-0.15, -0.1) is 0 Å². The van der Waals surface area contributed by atoms with Gasteiger partial charge in [0.1, 0.15) is 5.75 Å². The third-order valence-electron chi connectivity index (χ3n) is 1.50. The molecule has 0 radical (unpaired) electrons. The lowest BCUT2D eigenvalue weighted by Crippen LogP contribution is -2.05. The van der Waals surface area contributed by atoms with Crippen LogP contribution in [0, 0.1) is 0 Å². The summed E-state index contributed by atoms with van der Waals surface area (Å²) in [6.45, 7) is 0.420. The van der Waals surface area contributed by atoms with Crippen molar-refractivity contribution in [3.8, 4) is 5.75 Å². The van der Waals surface area contributed by atoms with Gasteiger partial charge >= 0.3 is 0 Å². The second kappa shape index (κ2) is 4.45. The highest BCUT2D eigenvalue weighted by molar-refractivity contribution is 9.10. The average molecular weight is 232 g/mol. The Morgan fingerprint density at radius 2 is 2.33 bits per heavy atom. The van der Waals surface area contributed by atoms with Crippen LogP contribution >= 0.6 is 15.9 Å². The Morgan fingerprint density at radius 3 is 2.92 bits per heavy atom. The molecule has 0 unspecified atom stereocenters. The van der Waals surface area contributed by atoms with Crippen LogP contribution in [0.25, 0.3) is 0 Å². The molecule has 0 fully saturated rings. The van der Waals surface area contributed by atoms with Crippen molar-refractivity contribution in [3.63, 3.8) is 0 Å². The minimum Gasteiger partial charge on any atom is -0.496 e. The molecular weight excluding hydrogens is 222 g/mol. The van der Waals surface area contributed by atoms with Crippen LogP contribution in [0.4, 0.5) is 0 Å². The van der Waals surface area contributed by atoms with E-state index in [1.165, 1.54) is 0 Å². The maximum absolute atomic E-state index is 8.45. The highest BCUT2D eigenvalue weighted by atomic mass is 79.9. The van der Waals surface area contributed by atoms with Gasteiger partial charge in [0.25, 0.3) is 0 Å². The number of nitrogens with one attached hydrogen (secondary N) is 1. The van der Waals surface area contributed by atoms with Gasteiger partial charge in [-0.25, -0.2) is 5.48 Å². The minimum atomic E-state index is 0.420. The molecule has 3 nitrogen and oxygen atoms in total. The molecule has 0 amide bonds. The van der Waals surface area contributed by atoms with E-state index in [0.29, 0.717) is 6.54 Å². The van der Waals surface area contributed by atoms with E-state index in [1.807, 2.05) is 18.2 Å². The smallest absolute Gasteiger partial charge is 0.133 e. The number of hydrogen-bond donors (Lipinski definition) is 2. The number of methoxy groups -OCH3 is 1. The number of hydrogen-bond acceptors (Lipinski definition) is 3. The van der Waals surface area contributed by atoms with Gasteiger partial charge in [0.05, 0.1) is 11.6 Å². The zero-order valence-corrected chi connectivity index (χ0v) is 8.26. The van der Waals surface area contributed by atoms with Crippen LogP contribution in [0.3, 0.4) is 0 Å². The topological polar surface area (TPSA) is 41.5 Å². The number of rotatable bonds is 3. The number of hydroxylamine groups is 1. The first-order valence-electron chi connectivity index (χ1n) is 3.47. The van der Waals surface area contributed by atoms with Crippen LogP contribution in [0.1, 0.15) is 5.56 Å². The summed E-state index contributed by atoms with van der Waals surface area (Å²) in [5.41, 5.74) is 3.05. The molecule has 12 heavy (non-hydrogen) atoms. The van der Waals surface area contributed by atoms with Crippen molar-refractivity contribution >= 4 is 15.9 Å². The van der Waals surface area contributed by atoms with Crippen molar-refractivity contribution in [1.82, 2.24) is 5.48 Å². The van der Waals surface area contributed by atoms with E-state index >= 15 is 0 Å². The summed E-state index contributed by atoms with van der Waals surface area (Å²) in [5.74, 6) is 0.766. The predicted molar refractivity (Wildman–Crippen MR) is 49.3 cm³/mol. The Morgan fingerprint density at radius 1 is 1.58 bits per heavy atom. The highest BCUT2D eigenvalue weighted by Crippen LogP contribution is 2.25. The quantitative estimate of drug-likeness (QED) is 0.782. The van der Waals surface area contributed by atoms with Crippen molar-refractivity contribution in [2.24, 2.45) is 0 Å². The van der Waals surface area contributed by atoms with Crippen LogP contribution in [-0.4, -0.2) is 12.3 Å². The van der Waals surface area contributed by atoms with Gasteiger partial charge in [0.2, 0.25) is 0 Å². The van der Waals surface area contributed by atoms with E-state index in [0.717, 1.165) is 15.8 Å². The lowest BCUT2D eigenvalue weighted by Gasteiger charge is -2.05. The Bertz CT molecular complexity index is 265. The van der Waals surface area contributed by atoms with Gasteiger partial charge in [-0.2, -0.15) is 0 Å². The Kier molecular flexibility index (Phi) is 3.52. The third kappa shape index (κ3) is 2.20. The summed E-state index contributed by atoms with van der Waals surface area (Å²) < 4.78 is 5.98. The van der Waals surface area contributed by atoms with Crippen molar-refractivity contribution in [3.05, 3.63) is 28.2 Å². The van der Waals surface area contributed by atoms with E-state index in [2.05, 4.69) is 21.4 Å². The fraction of sp³-hybridized carbons (Fsp3) is 0.250. The SMILES string of the molecule is COc1cc(CNO)ccc1Br. The van der Waals surface area contributed by atoms with Crippen molar-refractivity contribution in [2.75, 3.05) is 7.11 Å². The standard InChI is InChI=1S/C8H10BrNO2/c1-12-8-4-6(5-10-11)2-3-7(8)9/h2-4,10-11H,5H2,1H3. The van der Waals surface area contributed by atoms with Gasteiger partial charge in [-0.05, 0) is 33.6 Å². The molecule has 2 N–H and O–H groups in total. The molecule has 0 aliphatic heterocycles. The molecule has 4 heteroatoms. The molecular formula is C8H10BrNO2. The molecule has 0 atom stereocenters. The van der Waals surface area contributed by atoms with Gasteiger partial charge in [0, 0.05) is 6.54 Å². The molecule has 0 aliphatic rings. The Labute approximate surface area is 79.4 Å². The van der Waals surface area contributed by atoms with Crippen molar-refractivity contribution < 1.29 is 9.94 Å². The molecule has 0 heterocycles. The molecule has 0 saturated carbocycles. The first kappa shape index (κ1) is 9.51. The van der Waals surface area contributed by atoms with Crippen LogP contribution in [-0.2, 0) is 6.54 Å². The number of halogens is 1. The minimum absolute atomic E-state index is 0.420. The lowest BCUT2D eigenvalue weighted by atomic mass is 10.2. The van der Waals surface area contributed by atoms with E-state index in [9.17, 15) is 0 Å². The van der Waals surface area contributed by atoms with E-state index in [4.69, 9.17) is 9.94 Å². The largest absolute Gasteiger partial charge is 0.496 e. The van der Waals surface area contributed by atoms with E-state index < -0.39 is 0 Å². The van der Waals surface area contributed by atoms with Gasteiger partial charge in [-0.3, -0.25) is 0 Å². The predicted octanol–water partition coefficient (Wildman–Crippen LogP) is 1.94. The van der Waals surface area contributed by atoms with Gasteiger partial charge < -0.3 is 9.94 Å². The summed E-state index contributed by atoms with van der Waals surface area (Å²) in [6, 6.07) is 5.63. The maximum atomic E-state index is 8.45. The number of ether oxygens (including phenoxy) is 1. The van der Waals surface area contributed by atoms with Gasteiger partial charge in [0.15, 0.2) is 0 Å². The highest BCUT2D eigenvalue weighted by Gasteiger charge is 2.00. The summed E-state index contributed by atoms with van der Waals surface area (Å²) in [7, 11) is 1.61. The molecule has 66 valence electrons. The van der Waals surface area contributed by atoms with Crippen molar-refractivity contribution in [1.29, 1.82) is 0 Å². The van der Waals surface area contributed by atoms with Gasteiger partial charge in [-0.1, -0.05) is 6.07 Å². The maximum Gasteiger partial charge on any atom is 0.133 e. The molecule has 1 rings (SSSR count). The monoisotopic (exact) mass is 231 g/mol. The molecule has 1 aromatic rings. The second-order valence-corrected chi connectivity index (χ2v) is 3.16. The summed E-state index contributed by atoms with van der Waals surface area (Å²) in [4.78, 5) is 0. The third-order valence-corrected chi connectivity index (χ3v) is 2.15. The number of benzene rings is 1. The molecule has 0 aromatic heterocycles. The fourth-order valence-electron chi connectivity index (χ4n) is 0.905. The van der Waals surface area contributed by atoms with Crippen LogP contribution in [0.5, 0.6) is 5.75 Å². The molecule has 0 aliphatic carbocycles. The van der Waals surface area contributed by atoms with Crippen LogP contribution < -0.4 is 10.2 Å². The zero-order chi connectivity index (χ0) is 8.97. The molecule has 0 saturated heterocycles. The molecule has 0 spiro atoms. The lowest BCUT2D eigenvalue weighted by molar-refractivity contribution is 0.161. The normalized spacial score (nSPS) is 9.92. The van der Waals surface area contributed by atoms with E-state index in [1.54, 1.807) is 7.11 Å². The summed E-state index contributed by atoms with van der Waals surface area (Å²) in [6.07, 6.45) is 0. The van der Waals surface area contributed by atoms with Crippen LogP contribution in [0.15, 0.2) is 22.7 Å². The first-order chi connectivity index (χ1) is 5.77. The molecule has 0 bridgehead atoms. The second-order valence-electron chi connectivity index (χ2n) is 2.30. The Hall–Kier alpha value is -0.580. The van der Waals surface area contributed by atoms with E-state index in [-0.39, 0.29) is 0 Å². The molecule has 1 aromatic carbocycles. The summed E-state index contributed by atoms with van der Waals surface area (Å²) >= 11 is 3.33. The summed E-state index contributed by atoms with van der Waals surface area (Å²) in [5, 5.41) is 8.45. The first-order valence-corrected chi connectivity index (χ1v) is 4.26. The van der Waals surface area contributed by atoms with Crippen molar-refractivity contribution in [2.45, 2.75) is 6.54 Å². The Balaban J connectivity index is 2.89. The fourth-order valence-corrected chi connectivity index (χ4v) is 1.31. The zero-order valence-electron chi connectivity index (χ0n) is 6.67. The van der Waals surface area contributed by atoms with Crippen LogP contribution in [0.2, 0.25) is 0 Å².